The summed E-state index contributed by atoms with van der Waals surface area (Å²) < 4.78 is 10.7. The predicted octanol–water partition coefficient (Wildman–Crippen LogP) is 3.61. The topological polar surface area (TPSA) is 79.6 Å². The van der Waals surface area contributed by atoms with Crippen LogP contribution in [-0.4, -0.2) is 31.6 Å². The van der Waals surface area contributed by atoms with Gasteiger partial charge in [-0.25, -0.2) is 4.79 Å². The van der Waals surface area contributed by atoms with Gasteiger partial charge in [-0.3, -0.25) is 4.79 Å². The van der Waals surface area contributed by atoms with Crippen LogP contribution in [0.4, 0.5) is 5.69 Å². The molecule has 142 valence electrons. The predicted molar refractivity (Wildman–Crippen MR) is 105 cm³/mol. The summed E-state index contributed by atoms with van der Waals surface area (Å²) in [5, 5.41) is 9.35. The van der Waals surface area contributed by atoms with Gasteiger partial charge in [-0.15, -0.1) is 0 Å². The number of nitriles is 1. The Balaban J connectivity index is 1.66. The molecule has 1 aliphatic rings. The molecule has 1 heterocycles. The molecule has 1 aliphatic heterocycles. The fourth-order valence-electron chi connectivity index (χ4n) is 2.73. The van der Waals surface area contributed by atoms with Crippen molar-refractivity contribution in [2.24, 2.45) is 0 Å². The normalized spacial score (nSPS) is 12.1. The van der Waals surface area contributed by atoms with Crippen molar-refractivity contribution >= 4 is 35.2 Å². The molecule has 0 fully saturated rings. The first-order valence-electron chi connectivity index (χ1n) is 8.61. The summed E-state index contributed by atoms with van der Waals surface area (Å²) in [4.78, 5) is 26.3. The minimum atomic E-state index is -0.632. The molecule has 0 saturated heterocycles. The number of halogens is 1. The first kappa shape index (κ1) is 19.5. The largest absolute Gasteiger partial charge is 0.488 e. The van der Waals surface area contributed by atoms with Crippen LogP contribution in [0.25, 0.3) is 6.08 Å². The summed E-state index contributed by atoms with van der Waals surface area (Å²) in [6, 6.07) is 16.1. The third kappa shape index (κ3) is 4.70. The van der Waals surface area contributed by atoms with Crippen molar-refractivity contribution in [2.45, 2.75) is 6.42 Å². The van der Waals surface area contributed by atoms with Crippen molar-refractivity contribution in [3.63, 3.8) is 0 Å². The van der Waals surface area contributed by atoms with Gasteiger partial charge in [-0.2, -0.15) is 5.26 Å². The molecular formula is C21H17ClN2O4. The van der Waals surface area contributed by atoms with Gasteiger partial charge >= 0.3 is 5.97 Å². The highest BCUT2D eigenvalue weighted by atomic mass is 35.5. The van der Waals surface area contributed by atoms with Crippen molar-refractivity contribution in [2.75, 3.05) is 24.7 Å². The number of carbonyl (C=O) groups is 2. The Hall–Kier alpha value is -3.30. The zero-order chi connectivity index (χ0) is 19.9. The second-order valence-corrected chi connectivity index (χ2v) is 6.44. The molecule has 3 rings (SSSR count). The Morgan fingerprint density at radius 3 is 2.75 bits per heavy atom. The van der Waals surface area contributed by atoms with Crippen LogP contribution in [0, 0.1) is 11.3 Å². The maximum atomic E-state index is 12.6. The van der Waals surface area contributed by atoms with Gasteiger partial charge in [0.15, 0.2) is 6.61 Å². The van der Waals surface area contributed by atoms with E-state index < -0.39 is 18.5 Å². The number of para-hydroxylation sites is 1. The quantitative estimate of drug-likeness (QED) is 0.697. The highest BCUT2D eigenvalue weighted by molar-refractivity contribution is 6.30. The molecule has 6 nitrogen and oxygen atoms in total. The summed E-state index contributed by atoms with van der Waals surface area (Å²) >= 11 is 5.97. The van der Waals surface area contributed by atoms with E-state index in [2.05, 4.69) is 0 Å². The fourth-order valence-corrected chi connectivity index (χ4v) is 2.91. The molecule has 1 amide bonds. The molecule has 0 spiro atoms. The zero-order valence-corrected chi connectivity index (χ0v) is 15.7. The van der Waals surface area contributed by atoms with Gasteiger partial charge in [0.1, 0.15) is 12.4 Å². The molecule has 2 aromatic rings. The summed E-state index contributed by atoms with van der Waals surface area (Å²) in [5.74, 6) is -0.411. The van der Waals surface area contributed by atoms with Crippen molar-refractivity contribution in [3.05, 3.63) is 64.7 Å². The summed E-state index contributed by atoms with van der Waals surface area (Å²) in [5.41, 5.74) is 1.62. The fraction of sp³-hybridized carbons (Fsp3) is 0.190. The van der Waals surface area contributed by atoms with Gasteiger partial charge < -0.3 is 14.4 Å². The van der Waals surface area contributed by atoms with E-state index >= 15 is 0 Å². The van der Waals surface area contributed by atoms with Crippen LogP contribution in [0.2, 0.25) is 5.02 Å². The van der Waals surface area contributed by atoms with E-state index in [-0.39, 0.29) is 19.6 Å². The number of ether oxygens (including phenoxy) is 2. The Kier molecular flexibility index (Phi) is 6.30. The second-order valence-electron chi connectivity index (χ2n) is 6.01. The minimum absolute atomic E-state index is 0.0541. The smallest absolute Gasteiger partial charge is 0.338 e. The molecule has 0 atom stereocenters. The van der Waals surface area contributed by atoms with Crippen molar-refractivity contribution in [3.8, 4) is 11.8 Å². The third-order valence-corrected chi connectivity index (χ3v) is 4.32. The average molecular weight is 397 g/mol. The van der Waals surface area contributed by atoms with Crippen LogP contribution in [0.5, 0.6) is 5.75 Å². The third-order valence-electron chi connectivity index (χ3n) is 4.09. The highest BCUT2D eigenvalue weighted by Gasteiger charge is 2.22. The maximum absolute atomic E-state index is 12.6. The van der Waals surface area contributed by atoms with E-state index in [0.717, 1.165) is 0 Å². The van der Waals surface area contributed by atoms with E-state index in [1.165, 1.54) is 4.90 Å². The Morgan fingerprint density at radius 2 is 2.00 bits per heavy atom. The molecule has 0 saturated carbocycles. The zero-order valence-electron chi connectivity index (χ0n) is 14.9. The SMILES string of the molecule is N#CCCN(C(=O)COC(=O)C1=Cc2cc(Cl)ccc2OC1)c1ccccc1. The van der Waals surface area contributed by atoms with Gasteiger partial charge in [-0.1, -0.05) is 29.8 Å². The first-order valence-corrected chi connectivity index (χ1v) is 8.98. The summed E-state index contributed by atoms with van der Waals surface area (Å²) in [7, 11) is 0. The molecule has 2 aromatic carbocycles. The van der Waals surface area contributed by atoms with Gasteiger partial charge in [-0.05, 0) is 36.4 Å². The molecule has 0 radical (unpaired) electrons. The van der Waals surface area contributed by atoms with E-state index in [9.17, 15) is 9.59 Å². The number of hydrogen-bond acceptors (Lipinski definition) is 5. The van der Waals surface area contributed by atoms with Gasteiger partial charge in [0.25, 0.3) is 5.91 Å². The number of benzene rings is 2. The van der Waals surface area contributed by atoms with Crippen molar-refractivity contribution in [1.82, 2.24) is 0 Å². The van der Waals surface area contributed by atoms with Crippen LogP contribution >= 0.6 is 11.6 Å². The first-order chi connectivity index (χ1) is 13.6. The van der Waals surface area contributed by atoms with E-state index in [1.54, 1.807) is 48.5 Å². The van der Waals surface area contributed by atoms with Crippen molar-refractivity contribution in [1.29, 1.82) is 5.26 Å². The number of anilines is 1. The van der Waals surface area contributed by atoms with E-state index in [0.29, 0.717) is 27.6 Å². The molecule has 28 heavy (non-hydrogen) atoms. The van der Waals surface area contributed by atoms with Gasteiger partial charge in [0, 0.05) is 22.8 Å². The lowest BCUT2D eigenvalue weighted by atomic mass is 10.1. The van der Waals surface area contributed by atoms with Crippen LogP contribution in [-0.2, 0) is 14.3 Å². The van der Waals surface area contributed by atoms with Crippen LogP contribution in [0.1, 0.15) is 12.0 Å². The second kappa shape index (κ2) is 9.07. The molecule has 0 bridgehead atoms. The van der Waals surface area contributed by atoms with Crippen molar-refractivity contribution < 1.29 is 19.1 Å². The molecule has 0 aliphatic carbocycles. The average Bonchev–Trinajstić information content (AvgIpc) is 2.72. The molecule has 7 heteroatoms. The number of hydrogen-bond donors (Lipinski definition) is 0. The lowest BCUT2D eigenvalue weighted by Gasteiger charge is -2.22. The summed E-state index contributed by atoms with van der Waals surface area (Å²) in [6.45, 7) is -0.161. The maximum Gasteiger partial charge on any atom is 0.338 e. The lowest BCUT2D eigenvalue weighted by Crippen LogP contribution is -2.35. The van der Waals surface area contributed by atoms with Crippen LogP contribution in [0.15, 0.2) is 54.1 Å². The highest BCUT2D eigenvalue weighted by Crippen LogP contribution is 2.29. The number of amides is 1. The number of nitrogens with zero attached hydrogens (tertiary/aromatic N) is 2. The Morgan fingerprint density at radius 1 is 1.21 bits per heavy atom. The molecule has 0 N–H and O–H groups in total. The molecular weight excluding hydrogens is 380 g/mol. The number of esters is 1. The van der Waals surface area contributed by atoms with Gasteiger partial charge in [0.05, 0.1) is 18.1 Å². The number of carbonyl (C=O) groups excluding carboxylic acids is 2. The van der Waals surface area contributed by atoms with E-state index in [4.69, 9.17) is 26.3 Å². The summed E-state index contributed by atoms with van der Waals surface area (Å²) in [6.07, 6.45) is 1.81. The monoisotopic (exact) mass is 396 g/mol. The molecule has 0 aromatic heterocycles. The minimum Gasteiger partial charge on any atom is -0.488 e. The van der Waals surface area contributed by atoms with Crippen LogP contribution < -0.4 is 9.64 Å². The van der Waals surface area contributed by atoms with Gasteiger partial charge in [0.2, 0.25) is 0 Å². The Bertz CT molecular complexity index is 951. The Labute approximate surface area is 167 Å². The number of rotatable bonds is 6. The van der Waals surface area contributed by atoms with Crippen LogP contribution in [0.3, 0.4) is 0 Å². The number of fused-ring (bicyclic) bond motifs is 1. The standard InChI is InChI=1S/C21H17ClN2O4/c22-17-7-8-19-15(12-17)11-16(13-27-19)21(26)28-14-20(25)24(10-4-9-23)18-5-2-1-3-6-18/h1-3,5-8,11-12H,4,10,13-14H2. The molecule has 0 unspecified atom stereocenters. The lowest BCUT2D eigenvalue weighted by molar-refractivity contribution is -0.144. The van der Waals surface area contributed by atoms with E-state index in [1.807, 2.05) is 12.1 Å².